The van der Waals surface area contributed by atoms with Crippen LogP contribution in [0.3, 0.4) is 0 Å². The van der Waals surface area contributed by atoms with Crippen LogP contribution in [0.1, 0.15) is 33.2 Å². The number of esters is 1. The standard InChI is InChI=1S/C23H18ClN3O6/c1-2-32-21-12-15(6-11-20(21)33-23(29)16-7-9-18(24)10-8-16)14-25-26-22(28)17-4-3-5-19(13-17)27(30)31/h3-14H,2H2,1H3,(H,26,28)/b25-14+. The summed E-state index contributed by atoms with van der Waals surface area (Å²) >= 11 is 5.84. The molecule has 0 bridgehead atoms. The highest BCUT2D eigenvalue weighted by atomic mass is 35.5. The molecule has 1 N–H and O–H groups in total. The molecule has 3 aromatic carbocycles. The summed E-state index contributed by atoms with van der Waals surface area (Å²) in [6.45, 7) is 2.11. The average molecular weight is 468 g/mol. The first-order valence-corrected chi connectivity index (χ1v) is 10.1. The highest BCUT2D eigenvalue weighted by Crippen LogP contribution is 2.29. The van der Waals surface area contributed by atoms with E-state index >= 15 is 0 Å². The molecule has 0 saturated carbocycles. The van der Waals surface area contributed by atoms with E-state index in [1.165, 1.54) is 24.4 Å². The number of hydrogen-bond donors (Lipinski definition) is 1. The molecule has 0 aliphatic carbocycles. The van der Waals surface area contributed by atoms with Crippen LogP contribution in [-0.4, -0.2) is 29.6 Å². The summed E-state index contributed by atoms with van der Waals surface area (Å²) in [7, 11) is 0. The van der Waals surface area contributed by atoms with E-state index in [2.05, 4.69) is 10.5 Å². The zero-order chi connectivity index (χ0) is 23.8. The molecule has 0 spiro atoms. The van der Waals surface area contributed by atoms with Crippen molar-refractivity contribution in [3.05, 3.63) is 98.6 Å². The van der Waals surface area contributed by atoms with Crippen molar-refractivity contribution in [2.24, 2.45) is 5.10 Å². The Morgan fingerprint density at radius 2 is 1.82 bits per heavy atom. The van der Waals surface area contributed by atoms with Crippen LogP contribution in [0, 0.1) is 10.1 Å². The van der Waals surface area contributed by atoms with Crippen LogP contribution in [-0.2, 0) is 0 Å². The van der Waals surface area contributed by atoms with Crippen molar-refractivity contribution < 1.29 is 24.0 Å². The topological polar surface area (TPSA) is 120 Å². The summed E-state index contributed by atoms with van der Waals surface area (Å²) in [5.74, 6) is -0.643. The maximum atomic E-state index is 12.4. The van der Waals surface area contributed by atoms with Crippen LogP contribution in [0.15, 0.2) is 71.8 Å². The molecule has 3 aromatic rings. The Hall–Kier alpha value is -4.24. The first-order valence-electron chi connectivity index (χ1n) is 9.70. The lowest BCUT2D eigenvalue weighted by atomic mass is 10.2. The van der Waals surface area contributed by atoms with Crippen molar-refractivity contribution in [2.45, 2.75) is 6.92 Å². The van der Waals surface area contributed by atoms with Crippen LogP contribution in [0.5, 0.6) is 11.5 Å². The molecule has 0 radical (unpaired) electrons. The molecule has 0 fully saturated rings. The van der Waals surface area contributed by atoms with Gasteiger partial charge in [0.2, 0.25) is 0 Å². The fraction of sp³-hybridized carbons (Fsp3) is 0.0870. The Balaban J connectivity index is 1.70. The molecule has 0 saturated heterocycles. The van der Waals surface area contributed by atoms with Gasteiger partial charge in [0.1, 0.15) is 0 Å². The Morgan fingerprint density at radius 3 is 2.52 bits per heavy atom. The first kappa shape index (κ1) is 23.4. The summed E-state index contributed by atoms with van der Waals surface area (Å²) < 4.78 is 11.0. The number of carbonyl (C=O) groups excluding carboxylic acids is 2. The molecule has 0 heterocycles. The van der Waals surface area contributed by atoms with Crippen molar-refractivity contribution in [3.63, 3.8) is 0 Å². The van der Waals surface area contributed by atoms with Crippen molar-refractivity contribution in [3.8, 4) is 11.5 Å². The smallest absolute Gasteiger partial charge is 0.343 e. The Kier molecular flexibility index (Phi) is 7.72. The molecule has 0 aliphatic rings. The Bertz CT molecular complexity index is 1210. The van der Waals surface area contributed by atoms with E-state index in [0.717, 1.165) is 6.07 Å². The monoisotopic (exact) mass is 467 g/mol. The second kappa shape index (κ2) is 10.9. The van der Waals surface area contributed by atoms with Gasteiger partial charge in [-0.1, -0.05) is 17.7 Å². The van der Waals surface area contributed by atoms with Gasteiger partial charge in [-0.05, 0) is 61.0 Å². The summed E-state index contributed by atoms with van der Waals surface area (Å²) in [5, 5.41) is 15.2. The van der Waals surface area contributed by atoms with Crippen LogP contribution < -0.4 is 14.9 Å². The number of halogens is 1. The minimum Gasteiger partial charge on any atom is -0.490 e. The van der Waals surface area contributed by atoms with Gasteiger partial charge in [0.05, 0.1) is 23.3 Å². The third kappa shape index (κ3) is 6.37. The Morgan fingerprint density at radius 1 is 1.06 bits per heavy atom. The van der Waals surface area contributed by atoms with E-state index in [1.54, 1.807) is 49.4 Å². The minimum absolute atomic E-state index is 0.0980. The second-order valence-corrected chi connectivity index (χ2v) is 6.98. The van der Waals surface area contributed by atoms with Crippen LogP contribution in [0.4, 0.5) is 5.69 Å². The quantitative estimate of drug-likeness (QED) is 0.169. The molecule has 9 nitrogen and oxygen atoms in total. The number of hydrazone groups is 1. The SMILES string of the molecule is CCOc1cc(/C=N/NC(=O)c2cccc([N+](=O)[O-])c2)ccc1OC(=O)c1ccc(Cl)cc1. The molecule has 0 atom stereocenters. The highest BCUT2D eigenvalue weighted by molar-refractivity contribution is 6.30. The van der Waals surface area contributed by atoms with Crippen LogP contribution >= 0.6 is 11.6 Å². The van der Waals surface area contributed by atoms with Gasteiger partial charge in [-0.2, -0.15) is 5.10 Å². The number of nitro benzene ring substituents is 1. The van der Waals surface area contributed by atoms with E-state index in [1.807, 2.05) is 0 Å². The lowest BCUT2D eigenvalue weighted by molar-refractivity contribution is -0.384. The maximum absolute atomic E-state index is 12.4. The highest BCUT2D eigenvalue weighted by Gasteiger charge is 2.14. The van der Waals surface area contributed by atoms with Crippen molar-refractivity contribution in [2.75, 3.05) is 6.61 Å². The number of benzene rings is 3. The molecule has 168 valence electrons. The molecular weight excluding hydrogens is 450 g/mol. The fourth-order valence-corrected chi connectivity index (χ4v) is 2.82. The molecule has 3 rings (SSSR count). The average Bonchev–Trinajstić information content (AvgIpc) is 2.81. The van der Waals surface area contributed by atoms with Crippen molar-refractivity contribution in [1.82, 2.24) is 5.43 Å². The van der Waals surface area contributed by atoms with Crippen molar-refractivity contribution in [1.29, 1.82) is 0 Å². The number of ether oxygens (including phenoxy) is 2. The number of nitrogens with one attached hydrogen (secondary N) is 1. The Labute approximate surface area is 193 Å². The number of carbonyl (C=O) groups is 2. The fourth-order valence-electron chi connectivity index (χ4n) is 2.69. The molecule has 10 heteroatoms. The van der Waals surface area contributed by atoms with Gasteiger partial charge >= 0.3 is 5.97 Å². The summed E-state index contributed by atoms with van der Waals surface area (Å²) in [4.78, 5) is 34.8. The molecule has 0 aromatic heterocycles. The van der Waals surface area contributed by atoms with E-state index in [9.17, 15) is 19.7 Å². The molecule has 0 unspecified atom stereocenters. The number of nitrogens with zero attached hydrogens (tertiary/aromatic N) is 2. The number of rotatable bonds is 8. The van der Waals surface area contributed by atoms with Gasteiger partial charge in [0, 0.05) is 22.7 Å². The van der Waals surface area contributed by atoms with E-state index in [-0.39, 0.29) is 17.0 Å². The number of amides is 1. The number of hydrogen-bond acceptors (Lipinski definition) is 7. The number of non-ortho nitro benzene ring substituents is 1. The third-order valence-electron chi connectivity index (χ3n) is 4.25. The zero-order valence-corrected chi connectivity index (χ0v) is 18.1. The predicted molar refractivity (Wildman–Crippen MR) is 122 cm³/mol. The normalized spacial score (nSPS) is 10.6. The maximum Gasteiger partial charge on any atom is 0.343 e. The van der Waals surface area contributed by atoms with Gasteiger partial charge in [0.15, 0.2) is 11.5 Å². The third-order valence-corrected chi connectivity index (χ3v) is 4.50. The molecule has 1 amide bonds. The van der Waals surface area contributed by atoms with Crippen LogP contribution in [0.2, 0.25) is 5.02 Å². The minimum atomic E-state index is -0.603. The van der Waals surface area contributed by atoms with Gasteiger partial charge in [-0.15, -0.1) is 0 Å². The molecule has 0 aliphatic heterocycles. The first-order chi connectivity index (χ1) is 15.9. The summed E-state index contributed by atoms with van der Waals surface area (Å²) in [6.07, 6.45) is 1.36. The van der Waals surface area contributed by atoms with Crippen LogP contribution in [0.25, 0.3) is 0 Å². The zero-order valence-electron chi connectivity index (χ0n) is 17.4. The largest absolute Gasteiger partial charge is 0.490 e. The van der Waals surface area contributed by atoms with E-state index in [0.29, 0.717) is 28.5 Å². The van der Waals surface area contributed by atoms with E-state index in [4.69, 9.17) is 21.1 Å². The lowest BCUT2D eigenvalue weighted by Gasteiger charge is -2.11. The van der Waals surface area contributed by atoms with E-state index < -0.39 is 16.8 Å². The van der Waals surface area contributed by atoms with Gasteiger partial charge in [0.25, 0.3) is 11.6 Å². The van der Waals surface area contributed by atoms with Gasteiger partial charge in [-0.3, -0.25) is 14.9 Å². The lowest BCUT2D eigenvalue weighted by Crippen LogP contribution is -2.17. The predicted octanol–water partition coefficient (Wildman–Crippen LogP) is 4.63. The second-order valence-electron chi connectivity index (χ2n) is 6.54. The summed E-state index contributed by atoms with van der Waals surface area (Å²) in [6, 6.07) is 16.3. The number of nitro groups is 1. The van der Waals surface area contributed by atoms with Gasteiger partial charge < -0.3 is 9.47 Å². The summed E-state index contributed by atoms with van der Waals surface area (Å²) in [5.41, 5.74) is 3.10. The molecular formula is C23H18ClN3O6. The molecule has 33 heavy (non-hydrogen) atoms. The van der Waals surface area contributed by atoms with Gasteiger partial charge in [-0.25, -0.2) is 10.2 Å². The van der Waals surface area contributed by atoms with Crippen molar-refractivity contribution >= 4 is 35.4 Å².